The average Bonchev–Trinajstić information content (AvgIpc) is 2.73. The molecule has 0 radical (unpaired) electrons. The summed E-state index contributed by atoms with van der Waals surface area (Å²) in [5.41, 5.74) is 1.84. The van der Waals surface area contributed by atoms with Crippen molar-refractivity contribution in [1.29, 1.82) is 0 Å². The lowest BCUT2D eigenvalue weighted by Gasteiger charge is -2.24. The molecule has 2 unspecified atom stereocenters. The molecule has 3 amide bonds. The number of fused-ring (bicyclic) bond motifs is 1. The monoisotopic (exact) mass is 420 g/mol. The largest absolute Gasteiger partial charge is 0.351 e. The molecule has 1 aromatic heterocycles. The van der Waals surface area contributed by atoms with Crippen molar-refractivity contribution >= 4 is 28.6 Å². The Kier molecular flexibility index (Phi) is 5.54. The van der Waals surface area contributed by atoms with Crippen LogP contribution < -0.4 is 16.2 Å². The zero-order valence-electron chi connectivity index (χ0n) is 17.5. The Labute approximate surface area is 179 Å². The van der Waals surface area contributed by atoms with E-state index in [9.17, 15) is 19.2 Å². The second kappa shape index (κ2) is 8.29. The van der Waals surface area contributed by atoms with Crippen LogP contribution in [0.3, 0.4) is 0 Å². The first-order valence-corrected chi connectivity index (χ1v) is 10.3. The maximum atomic E-state index is 13.4. The van der Waals surface area contributed by atoms with Gasteiger partial charge in [-0.2, -0.15) is 0 Å². The molecule has 2 aromatic rings. The quantitative estimate of drug-likeness (QED) is 0.733. The van der Waals surface area contributed by atoms with Crippen LogP contribution in [0.4, 0.5) is 0 Å². The molecule has 8 heteroatoms. The number of rotatable bonds is 4. The van der Waals surface area contributed by atoms with E-state index in [-0.39, 0.29) is 42.7 Å². The van der Waals surface area contributed by atoms with E-state index in [4.69, 9.17) is 0 Å². The minimum absolute atomic E-state index is 0.105. The Hall–Kier alpha value is -3.55. The van der Waals surface area contributed by atoms with E-state index in [1.54, 1.807) is 25.1 Å². The summed E-state index contributed by atoms with van der Waals surface area (Å²) < 4.78 is 1.35. The third-order valence-corrected chi connectivity index (χ3v) is 5.74. The van der Waals surface area contributed by atoms with Gasteiger partial charge in [0.25, 0.3) is 5.56 Å². The van der Waals surface area contributed by atoms with E-state index in [0.29, 0.717) is 28.7 Å². The maximum absolute atomic E-state index is 13.4. The summed E-state index contributed by atoms with van der Waals surface area (Å²) in [6.45, 7) is 3.80. The van der Waals surface area contributed by atoms with Crippen molar-refractivity contribution in [2.45, 2.75) is 45.7 Å². The Bertz CT molecular complexity index is 1210. The molecule has 2 heterocycles. The van der Waals surface area contributed by atoms with E-state index in [0.717, 1.165) is 5.57 Å². The topological polar surface area (TPSA) is 110 Å². The lowest BCUT2D eigenvalue weighted by molar-refractivity contribution is -0.135. The van der Waals surface area contributed by atoms with Gasteiger partial charge in [-0.1, -0.05) is 35.9 Å². The lowest BCUT2D eigenvalue weighted by atomic mass is 9.96. The van der Waals surface area contributed by atoms with E-state index >= 15 is 0 Å². The number of hydrogen-bond acceptors (Lipinski definition) is 5. The third kappa shape index (κ3) is 4.05. The van der Waals surface area contributed by atoms with Crippen molar-refractivity contribution in [2.24, 2.45) is 5.92 Å². The van der Waals surface area contributed by atoms with Gasteiger partial charge >= 0.3 is 0 Å². The van der Waals surface area contributed by atoms with Crippen LogP contribution in [0, 0.1) is 12.8 Å². The number of amides is 3. The number of piperidine rings is 1. The maximum Gasteiger partial charge on any atom is 0.262 e. The van der Waals surface area contributed by atoms with Gasteiger partial charge in [0, 0.05) is 13.0 Å². The number of aromatic nitrogens is 2. The molecule has 1 fully saturated rings. The second-order valence-corrected chi connectivity index (χ2v) is 7.99. The van der Waals surface area contributed by atoms with Crippen LogP contribution in [0.25, 0.3) is 10.9 Å². The number of aryl methyl sites for hydroxylation is 1. The van der Waals surface area contributed by atoms with Crippen LogP contribution in [0.2, 0.25) is 0 Å². The van der Waals surface area contributed by atoms with Gasteiger partial charge in [0.2, 0.25) is 17.7 Å². The van der Waals surface area contributed by atoms with Gasteiger partial charge in [-0.25, -0.2) is 4.98 Å². The Morgan fingerprint density at radius 3 is 2.81 bits per heavy atom. The molecule has 160 valence electrons. The number of carbonyl (C=O) groups is 3. The zero-order valence-corrected chi connectivity index (χ0v) is 17.5. The normalized spacial score (nSPS) is 21.0. The van der Waals surface area contributed by atoms with Crippen LogP contribution in [-0.4, -0.2) is 27.3 Å². The third-order valence-electron chi connectivity index (χ3n) is 5.74. The van der Waals surface area contributed by atoms with Gasteiger partial charge in [0.1, 0.15) is 11.9 Å². The van der Waals surface area contributed by atoms with E-state index in [1.807, 2.05) is 25.2 Å². The minimum Gasteiger partial charge on any atom is -0.351 e. The molecule has 1 aliphatic carbocycles. The fourth-order valence-corrected chi connectivity index (χ4v) is 4.20. The highest BCUT2D eigenvalue weighted by atomic mass is 16.2. The predicted octanol–water partition coefficient (Wildman–Crippen LogP) is 1.82. The molecule has 1 aromatic carbocycles. The number of imide groups is 1. The number of nitrogens with one attached hydrogen (secondary N) is 2. The lowest BCUT2D eigenvalue weighted by Crippen LogP contribution is -2.45. The average molecular weight is 420 g/mol. The number of benzene rings is 1. The summed E-state index contributed by atoms with van der Waals surface area (Å²) >= 11 is 0. The fraction of sp³-hybridized carbons (Fsp3) is 0.348. The highest BCUT2D eigenvalue weighted by Gasteiger charge is 2.30. The molecular formula is C23H24N4O4. The first kappa shape index (κ1) is 20.7. The molecule has 2 N–H and O–H groups in total. The van der Waals surface area contributed by atoms with Crippen molar-refractivity contribution < 1.29 is 14.4 Å². The van der Waals surface area contributed by atoms with Gasteiger partial charge < -0.3 is 5.32 Å². The van der Waals surface area contributed by atoms with Crippen molar-refractivity contribution in [3.8, 4) is 0 Å². The van der Waals surface area contributed by atoms with Gasteiger partial charge in [-0.3, -0.25) is 29.1 Å². The number of hydrogen-bond donors (Lipinski definition) is 2. The Morgan fingerprint density at radius 2 is 2.06 bits per heavy atom. The summed E-state index contributed by atoms with van der Waals surface area (Å²) in [5.74, 6) is -0.777. The van der Waals surface area contributed by atoms with E-state index < -0.39 is 11.9 Å². The van der Waals surface area contributed by atoms with E-state index in [1.165, 1.54) is 4.57 Å². The van der Waals surface area contributed by atoms with Crippen LogP contribution in [0.15, 0.2) is 46.8 Å². The Balaban J connectivity index is 1.66. The van der Waals surface area contributed by atoms with Gasteiger partial charge in [0.05, 0.1) is 16.8 Å². The summed E-state index contributed by atoms with van der Waals surface area (Å²) in [6, 6.07) is 4.52. The fourth-order valence-electron chi connectivity index (χ4n) is 4.20. The smallest absolute Gasteiger partial charge is 0.262 e. The highest BCUT2D eigenvalue weighted by Crippen LogP contribution is 2.22. The number of carbonyl (C=O) groups excluding carboxylic acids is 3. The molecule has 1 saturated heterocycles. The summed E-state index contributed by atoms with van der Waals surface area (Å²) in [6.07, 6.45) is 6.95. The first-order valence-electron chi connectivity index (χ1n) is 10.3. The summed E-state index contributed by atoms with van der Waals surface area (Å²) in [5, 5.41) is 5.58. The van der Waals surface area contributed by atoms with Crippen LogP contribution in [0.5, 0.6) is 0 Å². The minimum atomic E-state index is -0.785. The molecule has 31 heavy (non-hydrogen) atoms. The van der Waals surface area contributed by atoms with Crippen LogP contribution >= 0.6 is 0 Å². The molecule has 2 aliphatic rings. The molecule has 1 aliphatic heterocycles. The zero-order chi connectivity index (χ0) is 22.1. The number of nitrogens with zero attached hydrogens (tertiary/aromatic N) is 2. The number of allylic oxidation sites excluding steroid dienone is 3. The van der Waals surface area contributed by atoms with Gasteiger partial charge in [-0.15, -0.1) is 0 Å². The molecule has 0 saturated carbocycles. The molecule has 8 nitrogen and oxygen atoms in total. The molecule has 0 bridgehead atoms. The standard InChI is InChI=1S/C23H24N4O4/c1-13-5-3-6-15(11-13)21(29)24-12-16-7-4-8-17-20(16)23(31)27(14(2)25-17)18-9-10-19(28)26-22(18)30/h3-5,7-8,11,15,18H,6,9-10,12H2,1-2H3,(H,24,29)(H,26,28,30). The van der Waals surface area contributed by atoms with Crippen molar-refractivity contribution in [3.63, 3.8) is 0 Å². The van der Waals surface area contributed by atoms with Crippen LogP contribution in [-0.2, 0) is 20.9 Å². The first-order chi connectivity index (χ1) is 14.8. The predicted molar refractivity (Wildman–Crippen MR) is 115 cm³/mol. The molecule has 2 atom stereocenters. The molecular weight excluding hydrogens is 396 g/mol. The SMILES string of the molecule is CC1=CC(C(=O)NCc2cccc3nc(C)n(C4CCC(=O)NC4=O)c(=O)c23)CC=C1. The second-order valence-electron chi connectivity index (χ2n) is 7.99. The van der Waals surface area contributed by atoms with E-state index in [2.05, 4.69) is 15.6 Å². The summed E-state index contributed by atoms with van der Waals surface area (Å²) in [7, 11) is 0. The van der Waals surface area contributed by atoms with Crippen molar-refractivity contribution in [1.82, 2.24) is 20.2 Å². The van der Waals surface area contributed by atoms with Gasteiger partial charge in [-0.05, 0) is 38.3 Å². The van der Waals surface area contributed by atoms with Crippen molar-refractivity contribution in [2.75, 3.05) is 0 Å². The summed E-state index contributed by atoms with van der Waals surface area (Å²) in [4.78, 5) is 54.4. The van der Waals surface area contributed by atoms with Crippen LogP contribution in [0.1, 0.15) is 43.6 Å². The van der Waals surface area contributed by atoms with Gasteiger partial charge in [0.15, 0.2) is 0 Å². The molecule has 0 spiro atoms. The molecule has 4 rings (SSSR count). The van der Waals surface area contributed by atoms with Crippen molar-refractivity contribution in [3.05, 3.63) is 63.7 Å². The highest BCUT2D eigenvalue weighted by molar-refractivity contribution is 5.99. The Morgan fingerprint density at radius 1 is 1.26 bits per heavy atom.